The second-order valence-corrected chi connectivity index (χ2v) is 8.36. The Morgan fingerprint density at radius 2 is 2.21 bits per heavy atom. The average Bonchev–Trinajstić information content (AvgIpc) is 2.64. The van der Waals surface area contributed by atoms with Crippen molar-refractivity contribution in [3.8, 4) is 0 Å². The number of carbonyl (C=O) groups excluding carboxylic acids is 1. The molecule has 0 saturated carbocycles. The van der Waals surface area contributed by atoms with Gasteiger partial charge in [0.05, 0.1) is 13.3 Å². The first kappa shape index (κ1) is 15.0. The number of H-pyrrole nitrogens is 1. The second kappa shape index (κ2) is 6.34. The van der Waals surface area contributed by atoms with Crippen molar-refractivity contribution in [1.29, 1.82) is 0 Å². The highest BCUT2D eigenvalue weighted by atomic mass is 79.9. The Kier molecular flexibility index (Phi) is 4.99. The Bertz CT molecular complexity index is 682. The molecule has 1 N–H and O–H groups in total. The van der Waals surface area contributed by atoms with Crippen LogP contribution in [0.25, 0.3) is 0 Å². The van der Waals surface area contributed by atoms with E-state index in [0.717, 1.165) is 7.57 Å². The van der Waals surface area contributed by atoms with E-state index >= 15 is 0 Å². The lowest BCUT2D eigenvalue weighted by atomic mass is 10.2. The van der Waals surface area contributed by atoms with Crippen molar-refractivity contribution in [1.82, 2.24) is 9.97 Å². The number of nitrogens with one attached hydrogen (secondary N) is 1. The van der Waals surface area contributed by atoms with Gasteiger partial charge in [-0.1, -0.05) is 11.8 Å². The number of aryl methyl sites for hydroxylation is 1. The maximum Gasteiger partial charge on any atom is 0.251 e. The zero-order valence-corrected chi connectivity index (χ0v) is 14.5. The third-order valence-corrected chi connectivity index (χ3v) is 5.36. The van der Waals surface area contributed by atoms with Gasteiger partial charge in [0.25, 0.3) is 5.56 Å². The molecule has 2 aromatic rings. The van der Waals surface area contributed by atoms with Gasteiger partial charge in [0, 0.05) is 17.3 Å². The molecule has 4 nitrogen and oxygen atoms in total. The third kappa shape index (κ3) is 4.01. The van der Waals surface area contributed by atoms with Gasteiger partial charge in [0.2, 0.25) is 0 Å². The van der Waals surface area contributed by atoms with Crippen LogP contribution in [-0.4, -0.2) is 21.5 Å². The number of hydrogen-bond donors (Lipinski definition) is 1. The highest BCUT2D eigenvalue weighted by molar-refractivity contribution is 9.12. The zero-order valence-electron chi connectivity index (χ0n) is 9.70. The van der Waals surface area contributed by atoms with E-state index in [-0.39, 0.29) is 17.1 Å². The zero-order chi connectivity index (χ0) is 14.0. The van der Waals surface area contributed by atoms with Gasteiger partial charge in [-0.3, -0.25) is 9.59 Å². The molecular weight excluding hydrogens is 416 g/mol. The smallest absolute Gasteiger partial charge is 0.251 e. The van der Waals surface area contributed by atoms with E-state index in [1.165, 1.54) is 29.2 Å². The molecule has 2 rings (SSSR count). The molecule has 2 heterocycles. The number of thioether (sulfide) groups is 1. The summed E-state index contributed by atoms with van der Waals surface area (Å²) in [6.07, 6.45) is 0. The van der Waals surface area contributed by atoms with E-state index in [1.54, 1.807) is 13.0 Å². The molecule has 0 aliphatic rings. The van der Waals surface area contributed by atoms with E-state index in [0.29, 0.717) is 16.4 Å². The number of rotatable bonds is 4. The van der Waals surface area contributed by atoms with Crippen LogP contribution in [-0.2, 0) is 0 Å². The Morgan fingerprint density at radius 3 is 2.79 bits per heavy atom. The molecule has 0 amide bonds. The van der Waals surface area contributed by atoms with Crippen LogP contribution < -0.4 is 5.56 Å². The number of hydrogen-bond acceptors (Lipinski definition) is 5. The van der Waals surface area contributed by atoms with Gasteiger partial charge in [-0.15, -0.1) is 11.3 Å². The Hall–Kier alpha value is -0.440. The summed E-state index contributed by atoms with van der Waals surface area (Å²) in [4.78, 5) is 30.1. The molecule has 0 atom stereocenters. The predicted octanol–water partition coefficient (Wildman–Crippen LogP) is 3.64. The molecule has 19 heavy (non-hydrogen) atoms. The highest BCUT2D eigenvalue weighted by Crippen LogP contribution is 2.32. The Labute approximate surface area is 134 Å². The van der Waals surface area contributed by atoms with E-state index in [9.17, 15) is 9.59 Å². The van der Waals surface area contributed by atoms with Crippen molar-refractivity contribution in [3.05, 3.63) is 41.3 Å². The number of halogens is 2. The molecule has 0 aliphatic carbocycles. The van der Waals surface area contributed by atoms with E-state index in [4.69, 9.17) is 0 Å². The van der Waals surface area contributed by atoms with Crippen molar-refractivity contribution in [2.24, 2.45) is 0 Å². The number of ketones is 1. The topological polar surface area (TPSA) is 62.8 Å². The fraction of sp³-hybridized carbons (Fsp3) is 0.182. The number of nitrogens with zero attached hydrogens (tertiary/aromatic N) is 1. The lowest BCUT2D eigenvalue weighted by Gasteiger charge is -2.01. The molecule has 8 heteroatoms. The SMILES string of the molecule is Cc1cc(=O)[nH]c(SCC(=O)c2cc(Br)sc2Br)n1. The minimum absolute atomic E-state index is 0.0111. The summed E-state index contributed by atoms with van der Waals surface area (Å²) in [5.74, 6) is 0.219. The molecule has 0 saturated heterocycles. The van der Waals surface area contributed by atoms with E-state index in [2.05, 4.69) is 41.8 Å². The van der Waals surface area contributed by atoms with Crippen molar-refractivity contribution >= 4 is 60.7 Å². The maximum absolute atomic E-state index is 12.0. The molecule has 0 unspecified atom stereocenters. The fourth-order valence-electron chi connectivity index (χ4n) is 1.36. The summed E-state index contributed by atoms with van der Waals surface area (Å²) in [5.41, 5.74) is 1.07. The first-order chi connectivity index (χ1) is 8.95. The molecule has 0 aliphatic heterocycles. The first-order valence-corrected chi connectivity index (χ1v) is 8.53. The van der Waals surface area contributed by atoms with Crippen LogP contribution in [0.3, 0.4) is 0 Å². The molecule has 0 spiro atoms. The van der Waals surface area contributed by atoms with E-state index < -0.39 is 0 Å². The van der Waals surface area contributed by atoms with Gasteiger partial charge in [-0.05, 0) is 44.8 Å². The number of thiophene rings is 1. The molecular formula is C11H8Br2N2O2S2. The standard InChI is InChI=1S/C11H8Br2N2O2S2/c1-5-2-9(17)15-11(14-5)18-4-7(16)6-3-8(12)19-10(6)13/h2-3H,4H2,1H3,(H,14,15,17). The summed E-state index contributed by atoms with van der Waals surface area (Å²) >= 11 is 9.36. The number of carbonyl (C=O) groups is 1. The lowest BCUT2D eigenvalue weighted by Crippen LogP contribution is -2.09. The molecule has 100 valence electrons. The van der Waals surface area contributed by atoms with Crippen LogP contribution in [0.15, 0.2) is 29.7 Å². The largest absolute Gasteiger partial charge is 0.301 e. The normalized spacial score (nSPS) is 10.7. The van der Waals surface area contributed by atoms with Crippen LogP contribution >= 0.6 is 55.0 Å². The summed E-state index contributed by atoms with van der Waals surface area (Å²) in [6.45, 7) is 1.74. The van der Waals surface area contributed by atoms with Gasteiger partial charge < -0.3 is 4.98 Å². The first-order valence-electron chi connectivity index (χ1n) is 5.14. The highest BCUT2D eigenvalue weighted by Gasteiger charge is 2.14. The summed E-state index contributed by atoms with van der Waals surface area (Å²) in [6, 6.07) is 3.20. The number of Topliss-reactive ketones (excluding diaryl/α,β-unsaturated/α-hetero) is 1. The molecule has 2 aromatic heterocycles. The fourth-order valence-corrected chi connectivity index (χ4v) is 5.02. The Balaban J connectivity index is 2.08. The lowest BCUT2D eigenvalue weighted by molar-refractivity contribution is 0.102. The van der Waals surface area contributed by atoms with Gasteiger partial charge in [0.15, 0.2) is 10.9 Å². The van der Waals surface area contributed by atoms with Crippen LogP contribution in [0.5, 0.6) is 0 Å². The molecule has 0 radical (unpaired) electrons. The third-order valence-electron chi connectivity index (χ3n) is 2.15. The average molecular weight is 424 g/mol. The number of aromatic amines is 1. The predicted molar refractivity (Wildman–Crippen MR) is 84.4 cm³/mol. The minimum Gasteiger partial charge on any atom is -0.301 e. The molecule has 0 bridgehead atoms. The van der Waals surface area contributed by atoms with Crippen molar-refractivity contribution in [2.45, 2.75) is 12.1 Å². The van der Waals surface area contributed by atoms with Crippen LogP contribution in [0, 0.1) is 6.92 Å². The molecule has 0 aromatic carbocycles. The van der Waals surface area contributed by atoms with Gasteiger partial charge >= 0.3 is 0 Å². The minimum atomic E-state index is -0.207. The molecule has 0 fully saturated rings. The van der Waals surface area contributed by atoms with Crippen molar-refractivity contribution in [3.63, 3.8) is 0 Å². The van der Waals surface area contributed by atoms with Crippen LogP contribution in [0.1, 0.15) is 16.1 Å². The van der Waals surface area contributed by atoms with Gasteiger partial charge in [0.1, 0.15) is 0 Å². The van der Waals surface area contributed by atoms with Gasteiger partial charge in [-0.25, -0.2) is 4.98 Å². The van der Waals surface area contributed by atoms with Gasteiger partial charge in [-0.2, -0.15) is 0 Å². The van der Waals surface area contributed by atoms with Crippen LogP contribution in [0.2, 0.25) is 0 Å². The number of aromatic nitrogens is 2. The monoisotopic (exact) mass is 422 g/mol. The van der Waals surface area contributed by atoms with Crippen LogP contribution in [0.4, 0.5) is 0 Å². The summed E-state index contributed by atoms with van der Waals surface area (Å²) in [7, 11) is 0. The summed E-state index contributed by atoms with van der Waals surface area (Å²) < 4.78 is 1.70. The van der Waals surface area contributed by atoms with Crippen molar-refractivity contribution < 1.29 is 4.79 Å². The van der Waals surface area contributed by atoms with E-state index in [1.807, 2.05) is 0 Å². The maximum atomic E-state index is 12.0. The quantitative estimate of drug-likeness (QED) is 0.463. The Morgan fingerprint density at radius 1 is 1.47 bits per heavy atom. The second-order valence-electron chi connectivity index (χ2n) is 3.64. The summed E-state index contributed by atoms with van der Waals surface area (Å²) in [5, 5.41) is 0.462. The van der Waals surface area contributed by atoms with Crippen molar-refractivity contribution in [2.75, 3.05) is 5.75 Å².